The zero-order valence-corrected chi connectivity index (χ0v) is 17.7. The minimum absolute atomic E-state index is 0.386. The van der Waals surface area contributed by atoms with Crippen LogP contribution in [0.1, 0.15) is 38.2 Å². The molecule has 2 aromatic rings. The van der Waals surface area contributed by atoms with Gasteiger partial charge >= 0.3 is 0 Å². The number of rotatable bonds is 8. The maximum atomic E-state index is 6.01. The smallest absolute Gasteiger partial charge is 0.170 e. The van der Waals surface area contributed by atoms with Gasteiger partial charge in [-0.15, -0.1) is 0 Å². The fourth-order valence-corrected chi connectivity index (χ4v) is 3.74. The highest BCUT2D eigenvalue weighted by Gasteiger charge is 2.16. The number of nitrogens with one attached hydrogen (secondary N) is 2. The van der Waals surface area contributed by atoms with Crippen molar-refractivity contribution in [2.24, 2.45) is 0 Å². The molecule has 2 N–H and O–H groups in total. The lowest BCUT2D eigenvalue weighted by Crippen LogP contribution is -2.36. The largest absolute Gasteiger partial charge is 0.490 e. The second kappa shape index (κ2) is 10.3. The van der Waals surface area contributed by atoms with E-state index in [9.17, 15) is 0 Å². The van der Waals surface area contributed by atoms with Gasteiger partial charge in [-0.1, -0.05) is 17.7 Å². The van der Waals surface area contributed by atoms with Gasteiger partial charge in [-0.3, -0.25) is 0 Å². The van der Waals surface area contributed by atoms with E-state index in [1.54, 1.807) is 0 Å². The molecule has 1 fully saturated rings. The van der Waals surface area contributed by atoms with Gasteiger partial charge in [0.05, 0.1) is 6.10 Å². The van der Waals surface area contributed by atoms with Crippen molar-refractivity contribution in [3.05, 3.63) is 54.1 Å². The maximum Gasteiger partial charge on any atom is 0.170 e. The van der Waals surface area contributed by atoms with Gasteiger partial charge in [-0.2, -0.15) is 0 Å². The Hall–Kier alpha value is -2.27. The second-order valence-corrected chi connectivity index (χ2v) is 7.75. The van der Waals surface area contributed by atoms with Crippen molar-refractivity contribution in [1.29, 1.82) is 0 Å². The Morgan fingerprint density at radius 3 is 2.39 bits per heavy atom. The van der Waals surface area contributed by atoms with E-state index in [4.69, 9.17) is 17.0 Å². The molecule has 1 aliphatic carbocycles. The molecule has 0 unspecified atom stereocenters. The molecule has 0 atom stereocenters. The third-order valence-corrected chi connectivity index (χ3v) is 5.41. The first kappa shape index (κ1) is 20.5. The average molecular weight is 398 g/mol. The molecule has 1 aliphatic rings. The first-order valence-corrected chi connectivity index (χ1v) is 10.7. The fourth-order valence-electron chi connectivity index (χ4n) is 3.52. The fraction of sp³-hybridized carbons (Fsp3) is 0.435. The van der Waals surface area contributed by atoms with Crippen LogP contribution in [0.3, 0.4) is 0 Å². The van der Waals surface area contributed by atoms with Crippen LogP contribution in [0, 0.1) is 6.92 Å². The van der Waals surface area contributed by atoms with Crippen molar-refractivity contribution < 1.29 is 4.74 Å². The number of aryl methyl sites for hydroxylation is 1. The number of likely N-dealkylation sites (N-methyl/N-ethyl adjacent to an activating group) is 1. The second-order valence-electron chi connectivity index (χ2n) is 7.34. The van der Waals surface area contributed by atoms with Crippen LogP contribution in [0.25, 0.3) is 0 Å². The summed E-state index contributed by atoms with van der Waals surface area (Å²) in [6, 6.07) is 16.7. The van der Waals surface area contributed by atoms with Gasteiger partial charge in [0, 0.05) is 31.0 Å². The number of hydrogen-bond acceptors (Lipinski definition) is 3. The summed E-state index contributed by atoms with van der Waals surface area (Å²) in [6.45, 7) is 6.93. The summed E-state index contributed by atoms with van der Waals surface area (Å²) in [4.78, 5) is 2.34. The van der Waals surface area contributed by atoms with E-state index in [2.05, 4.69) is 53.6 Å². The average Bonchev–Trinajstić information content (AvgIpc) is 3.21. The van der Waals surface area contributed by atoms with Crippen molar-refractivity contribution in [3.63, 3.8) is 0 Å². The quantitative estimate of drug-likeness (QED) is 0.604. The monoisotopic (exact) mass is 397 g/mol. The molecule has 0 spiro atoms. The first-order chi connectivity index (χ1) is 13.6. The van der Waals surface area contributed by atoms with E-state index in [0.717, 1.165) is 31.1 Å². The number of thiocarbonyl (C=S) groups is 1. The van der Waals surface area contributed by atoms with E-state index < -0.39 is 0 Å². The molecule has 0 heterocycles. The van der Waals surface area contributed by atoms with Crippen molar-refractivity contribution in [2.75, 3.05) is 29.9 Å². The summed E-state index contributed by atoms with van der Waals surface area (Å²) in [5, 5.41) is 7.19. The van der Waals surface area contributed by atoms with Crippen LogP contribution < -0.4 is 20.3 Å². The Bertz CT molecular complexity index is 739. The van der Waals surface area contributed by atoms with Crippen LogP contribution in [0.4, 0.5) is 11.4 Å². The number of benzene rings is 2. The van der Waals surface area contributed by atoms with Gasteiger partial charge in [-0.05, 0) is 88.1 Å². The molecule has 4 nitrogen and oxygen atoms in total. The number of hydrogen-bond donors (Lipinski definition) is 2. The van der Waals surface area contributed by atoms with E-state index in [0.29, 0.717) is 11.2 Å². The van der Waals surface area contributed by atoms with Crippen molar-refractivity contribution in [2.45, 2.75) is 45.6 Å². The lowest BCUT2D eigenvalue weighted by molar-refractivity contribution is 0.210. The summed E-state index contributed by atoms with van der Waals surface area (Å²) >= 11 is 5.43. The van der Waals surface area contributed by atoms with Crippen LogP contribution in [0.15, 0.2) is 48.5 Å². The van der Waals surface area contributed by atoms with E-state index >= 15 is 0 Å². The molecule has 0 saturated heterocycles. The van der Waals surface area contributed by atoms with Gasteiger partial charge < -0.3 is 20.3 Å². The van der Waals surface area contributed by atoms with Gasteiger partial charge in [0.1, 0.15) is 5.75 Å². The highest BCUT2D eigenvalue weighted by atomic mass is 32.1. The van der Waals surface area contributed by atoms with Gasteiger partial charge in [0.2, 0.25) is 0 Å². The molecule has 28 heavy (non-hydrogen) atoms. The van der Waals surface area contributed by atoms with Crippen LogP contribution in [0.2, 0.25) is 0 Å². The molecule has 0 radical (unpaired) electrons. The Morgan fingerprint density at radius 1 is 1.07 bits per heavy atom. The molecule has 1 saturated carbocycles. The number of anilines is 2. The summed E-state index contributed by atoms with van der Waals surface area (Å²) in [7, 11) is 0. The van der Waals surface area contributed by atoms with Crippen LogP contribution >= 0.6 is 12.2 Å². The highest BCUT2D eigenvalue weighted by molar-refractivity contribution is 7.80. The Labute approximate surface area is 174 Å². The summed E-state index contributed by atoms with van der Waals surface area (Å²) in [5.41, 5.74) is 3.50. The zero-order valence-electron chi connectivity index (χ0n) is 16.9. The van der Waals surface area contributed by atoms with Crippen LogP contribution in [0.5, 0.6) is 5.75 Å². The van der Waals surface area contributed by atoms with Crippen molar-refractivity contribution in [3.8, 4) is 5.75 Å². The molecule has 0 bridgehead atoms. The molecule has 0 aromatic heterocycles. The molecular weight excluding hydrogens is 366 g/mol. The Balaban J connectivity index is 1.41. The molecule has 5 heteroatoms. The SMILES string of the molecule is CCN(CCNC(=S)Nc1ccc(OC2CCCC2)cc1)c1ccc(C)cc1. The predicted molar refractivity (Wildman–Crippen MR) is 123 cm³/mol. The molecule has 3 rings (SSSR count). The molecular formula is C23H31N3OS. The van der Waals surface area contributed by atoms with Gasteiger partial charge in [0.15, 0.2) is 5.11 Å². The van der Waals surface area contributed by atoms with Crippen molar-refractivity contribution in [1.82, 2.24) is 5.32 Å². The van der Waals surface area contributed by atoms with Gasteiger partial charge in [-0.25, -0.2) is 0 Å². The van der Waals surface area contributed by atoms with E-state index in [1.807, 2.05) is 24.3 Å². The minimum atomic E-state index is 0.386. The molecule has 150 valence electrons. The standard InChI is InChI=1S/C23H31N3OS/c1-3-26(20-12-8-18(2)9-13-20)17-16-24-23(28)25-19-10-14-22(15-11-19)27-21-6-4-5-7-21/h8-15,21H,3-7,16-17H2,1-2H3,(H2,24,25,28). The third-order valence-electron chi connectivity index (χ3n) is 5.17. The molecule has 0 aliphatic heterocycles. The van der Waals surface area contributed by atoms with E-state index in [1.165, 1.54) is 36.9 Å². The Kier molecular flexibility index (Phi) is 7.54. The summed E-state index contributed by atoms with van der Waals surface area (Å²) < 4.78 is 6.01. The maximum absolute atomic E-state index is 6.01. The molecule has 2 aromatic carbocycles. The van der Waals surface area contributed by atoms with Crippen LogP contribution in [-0.4, -0.2) is 30.9 Å². The van der Waals surface area contributed by atoms with Crippen LogP contribution in [-0.2, 0) is 0 Å². The minimum Gasteiger partial charge on any atom is -0.490 e. The third kappa shape index (κ3) is 6.13. The lowest BCUT2D eigenvalue weighted by atomic mass is 10.2. The predicted octanol–water partition coefficient (Wildman–Crippen LogP) is 5.13. The lowest BCUT2D eigenvalue weighted by Gasteiger charge is -2.24. The first-order valence-electron chi connectivity index (χ1n) is 10.3. The normalized spacial score (nSPS) is 13.9. The topological polar surface area (TPSA) is 36.5 Å². The van der Waals surface area contributed by atoms with Crippen molar-refractivity contribution >= 4 is 28.7 Å². The molecule has 0 amide bonds. The van der Waals surface area contributed by atoms with E-state index in [-0.39, 0.29) is 0 Å². The zero-order chi connectivity index (χ0) is 19.8. The highest BCUT2D eigenvalue weighted by Crippen LogP contribution is 2.25. The number of nitrogens with zero attached hydrogens (tertiary/aromatic N) is 1. The Morgan fingerprint density at radius 2 is 1.75 bits per heavy atom. The summed E-state index contributed by atoms with van der Waals surface area (Å²) in [6.07, 6.45) is 5.29. The number of ether oxygens (including phenoxy) is 1. The van der Waals surface area contributed by atoms with Gasteiger partial charge in [0.25, 0.3) is 0 Å². The summed E-state index contributed by atoms with van der Waals surface area (Å²) in [5.74, 6) is 0.938.